The molecule has 0 amide bonds. The Morgan fingerprint density at radius 3 is 2.39 bits per heavy atom. The summed E-state index contributed by atoms with van der Waals surface area (Å²) in [5.41, 5.74) is 1.34. The molecule has 100 valence electrons. The molecule has 0 saturated heterocycles. The zero-order chi connectivity index (χ0) is 13.6. The monoisotopic (exact) mass is 244 g/mol. The summed E-state index contributed by atoms with van der Waals surface area (Å²) in [4.78, 5) is 0. The van der Waals surface area contributed by atoms with Crippen molar-refractivity contribution in [2.75, 3.05) is 0 Å². The van der Waals surface area contributed by atoms with Gasteiger partial charge in [0.15, 0.2) is 0 Å². The van der Waals surface area contributed by atoms with Crippen LogP contribution in [0.4, 0.5) is 0 Å². The third-order valence-electron chi connectivity index (χ3n) is 2.88. The van der Waals surface area contributed by atoms with Crippen LogP contribution in [0, 0.1) is 5.92 Å². The molecule has 0 aliphatic heterocycles. The van der Waals surface area contributed by atoms with Crippen LogP contribution in [-0.2, 0) is 0 Å². The van der Waals surface area contributed by atoms with Gasteiger partial charge in [-0.25, -0.2) is 0 Å². The van der Waals surface area contributed by atoms with Crippen LogP contribution in [0.1, 0.15) is 46.5 Å². The van der Waals surface area contributed by atoms with Gasteiger partial charge < -0.3 is 0 Å². The summed E-state index contributed by atoms with van der Waals surface area (Å²) in [5, 5.41) is 0. The first-order valence-electron chi connectivity index (χ1n) is 6.98. The summed E-state index contributed by atoms with van der Waals surface area (Å²) in [6.07, 6.45) is 21.8. The van der Waals surface area contributed by atoms with E-state index in [2.05, 4.69) is 56.0 Å². The summed E-state index contributed by atoms with van der Waals surface area (Å²) in [6.45, 7) is 10.2. The van der Waals surface area contributed by atoms with E-state index in [0.717, 1.165) is 6.42 Å². The minimum Gasteiger partial charge on any atom is -0.0988 e. The van der Waals surface area contributed by atoms with Crippen LogP contribution in [0.5, 0.6) is 0 Å². The van der Waals surface area contributed by atoms with Gasteiger partial charge in [-0.15, -0.1) is 0 Å². The topological polar surface area (TPSA) is 0 Å². The summed E-state index contributed by atoms with van der Waals surface area (Å²) >= 11 is 0. The van der Waals surface area contributed by atoms with Crippen LogP contribution in [0.15, 0.2) is 60.8 Å². The van der Waals surface area contributed by atoms with Gasteiger partial charge in [-0.2, -0.15) is 0 Å². The Morgan fingerprint density at radius 2 is 1.78 bits per heavy atom. The molecular weight excluding hydrogens is 216 g/mol. The predicted molar refractivity (Wildman–Crippen MR) is 84.7 cm³/mol. The second-order valence-corrected chi connectivity index (χ2v) is 4.61. The molecule has 0 aliphatic carbocycles. The molecular formula is C18H28. The molecule has 1 atom stereocenters. The first-order valence-corrected chi connectivity index (χ1v) is 6.98. The third kappa shape index (κ3) is 9.89. The van der Waals surface area contributed by atoms with E-state index >= 15 is 0 Å². The van der Waals surface area contributed by atoms with Gasteiger partial charge in [-0.1, -0.05) is 68.5 Å². The second-order valence-electron chi connectivity index (χ2n) is 4.61. The van der Waals surface area contributed by atoms with Gasteiger partial charge in [0.05, 0.1) is 0 Å². The molecule has 0 radical (unpaired) electrons. The molecule has 0 bridgehead atoms. The Balaban J connectivity index is 3.81. The van der Waals surface area contributed by atoms with Crippen LogP contribution in [0.3, 0.4) is 0 Å². The lowest BCUT2D eigenvalue weighted by molar-refractivity contribution is 0.582. The van der Waals surface area contributed by atoms with Crippen LogP contribution in [0.25, 0.3) is 0 Å². The van der Waals surface area contributed by atoms with E-state index in [1.165, 1.54) is 24.8 Å². The fraction of sp³-hybridized carbons (Fsp3) is 0.444. The van der Waals surface area contributed by atoms with Gasteiger partial charge in [0.25, 0.3) is 0 Å². The average molecular weight is 244 g/mol. The first kappa shape index (κ1) is 16.7. The smallest absolute Gasteiger partial charge is 0.0259 e. The van der Waals surface area contributed by atoms with Crippen molar-refractivity contribution >= 4 is 0 Å². The molecule has 0 heteroatoms. The molecule has 0 aromatic rings. The minimum atomic E-state index is 0.674. The lowest BCUT2D eigenvalue weighted by Gasteiger charge is -2.06. The molecule has 0 aromatic heterocycles. The SMILES string of the molecule is C=CC(=CC=CC)CCCCC(C)C=CC=CC. The normalized spacial score (nSPS) is 14.9. The van der Waals surface area contributed by atoms with Crippen LogP contribution in [-0.4, -0.2) is 0 Å². The standard InChI is InChI=1S/C18H28/c1-5-8-10-13-17(4)14-11-12-16-18(7-3)15-9-6-2/h5-10,13,15,17H,3,11-12,14,16H2,1-2,4H3. The maximum absolute atomic E-state index is 3.86. The summed E-state index contributed by atoms with van der Waals surface area (Å²) in [5.74, 6) is 0.674. The zero-order valence-corrected chi connectivity index (χ0v) is 12.2. The van der Waals surface area contributed by atoms with E-state index in [0.29, 0.717) is 5.92 Å². The zero-order valence-electron chi connectivity index (χ0n) is 12.2. The van der Waals surface area contributed by atoms with Crippen molar-refractivity contribution < 1.29 is 0 Å². The summed E-state index contributed by atoms with van der Waals surface area (Å²) in [6, 6.07) is 0. The highest BCUT2D eigenvalue weighted by Gasteiger charge is 1.97. The average Bonchev–Trinajstić information content (AvgIpc) is 2.38. The highest BCUT2D eigenvalue weighted by molar-refractivity contribution is 5.21. The molecule has 0 rings (SSSR count). The van der Waals surface area contributed by atoms with Crippen molar-refractivity contribution in [1.82, 2.24) is 0 Å². The fourth-order valence-corrected chi connectivity index (χ4v) is 1.73. The van der Waals surface area contributed by atoms with Crippen molar-refractivity contribution in [2.45, 2.75) is 46.5 Å². The maximum Gasteiger partial charge on any atom is -0.0259 e. The number of hydrogen-bond donors (Lipinski definition) is 0. The lowest BCUT2D eigenvalue weighted by Crippen LogP contribution is -1.90. The van der Waals surface area contributed by atoms with Crippen molar-refractivity contribution in [3.05, 3.63) is 60.8 Å². The number of allylic oxidation sites excluding steroid dienone is 9. The van der Waals surface area contributed by atoms with Gasteiger partial charge in [-0.3, -0.25) is 0 Å². The van der Waals surface area contributed by atoms with Gasteiger partial charge >= 0.3 is 0 Å². The molecule has 0 aromatic carbocycles. The fourth-order valence-electron chi connectivity index (χ4n) is 1.73. The Hall–Kier alpha value is -1.30. The predicted octanol–water partition coefficient (Wildman–Crippen LogP) is 6.00. The highest BCUT2D eigenvalue weighted by Crippen LogP contribution is 2.14. The van der Waals surface area contributed by atoms with Crippen molar-refractivity contribution in [1.29, 1.82) is 0 Å². The lowest BCUT2D eigenvalue weighted by atomic mass is 10.0. The molecule has 0 nitrogen and oxygen atoms in total. The molecule has 0 heterocycles. The molecule has 0 spiro atoms. The van der Waals surface area contributed by atoms with Crippen molar-refractivity contribution in [2.24, 2.45) is 5.92 Å². The van der Waals surface area contributed by atoms with Crippen molar-refractivity contribution in [3.8, 4) is 0 Å². The quantitative estimate of drug-likeness (QED) is 0.344. The van der Waals surface area contributed by atoms with Gasteiger partial charge in [0, 0.05) is 0 Å². The van der Waals surface area contributed by atoms with Gasteiger partial charge in [-0.05, 0) is 44.6 Å². The molecule has 0 N–H and O–H groups in total. The molecule has 0 aliphatic rings. The maximum atomic E-state index is 3.86. The molecule has 18 heavy (non-hydrogen) atoms. The molecule has 1 unspecified atom stereocenters. The molecule has 0 saturated carbocycles. The van der Waals surface area contributed by atoms with E-state index in [1.54, 1.807) is 0 Å². The summed E-state index contributed by atoms with van der Waals surface area (Å²) in [7, 11) is 0. The number of hydrogen-bond acceptors (Lipinski definition) is 0. The third-order valence-corrected chi connectivity index (χ3v) is 2.88. The van der Waals surface area contributed by atoms with Crippen LogP contribution >= 0.6 is 0 Å². The van der Waals surface area contributed by atoms with Crippen LogP contribution < -0.4 is 0 Å². The van der Waals surface area contributed by atoms with E-state index < -0.39 is 0 Å². The Bertz CT molecular complexity index is 313. The van der Waals surface area contributed by atoms with E-state index in [1.807, 2.05) is 19.9 Å². The Morgan fingerprint density at radius 1 is 1.06 bits per heavy atom. The van der Waals surface area contributed by atoms with E-state index in [-0.39, 0.29) is 0 Å². The summed E-state index contributed by atoms with van der Waals surface area (Å²) < 4.78 is 0. The minimum absolute atomic E-state index is 0.674. The Labute approximate surface area is 113 Å². The van der Waals surface area contributed by atoms with Gasteiger partial charge in [0.1, 0.15) is 0 Å². The number of unbranched alkanes of at least 4 members (excludes halogenated alkanes) is 1. The number of rotatable bonds is 9. The van der Waals surface area contributed by atoms with Crippen LogP contribution in [0.2, 0.25) is 0 Å². The van der Waals surface area contributed by atoms with E-state index in [9.17, 15) is 0 Å². The van der Waals surface area contributed by atoms with Crippen molar-refractivity contribution in [3.63, 3.8) is 0 Å². The van der Waals surface area contributed by atoms with E-state index in [4.69, 9.17) is 0 Å². The largest absolute Gasteiger partial charge is 0.0988 e. The second kappa shape index (κ2) is 12.2. The molecule has 0 fully saturated rings. The van der Waals surface area contributed by atoms with Gasteiger partial charge in [0.2, 0.25) is 0 Å². The Kier molecular flexibility index (Phi) is 11.3. The first-order chi connectivity index (χ1) is 8.74. The highest BCUT2D eigenvalue weighted by atomic mass is 14.0.